The van der Waals surface area contributed by atoms with Crippen LogP contribution in [0.2, 0.25) is 0 Å². The van der Waals surface area contributed by atoms with Gasteiger partial charge in [0.15, 0.2) is 5.92 Å². The molecule has 0 rings (SSSR count). The Morgan fingerprint density at radius 3 is 1.92 bits per heavy atom. The Kier molecular flexibility index (Phi) is 18.0. The Morgan fingerprint density at radius 1 is 1.31 bits per heavy atom. The van der Waals surface area contributed by atoms with Crippen LogP contribution in [0, 0.1) is 5.92 Å². The maximum absolute atomic E-state index is 10.3. The van der Waals surface area contributed by atoms with Gasteiger partial charge in [-0.1, -0.05) is 19.8 Å². The number of carboxylic acids is 2. The number of unbranched alkanes of at least 4 members (excludes halogenated alkanes) is 1. The van der Waals surface area contributed by atoms with E-state index in [2.05, 4.69) is 0 Å². The van der Waals surface area contributed by atoms with Crippen LogP contribution in [0.4, 0.5) is 0 Å². The minimum Gasteiger partial charge on any atom is -1.00 e. The van der Waals surface area contributed by atoms with Gasteiger partial charge in [0, 0.05) is 0 Å². The van der Waals surface area contributed by atoms with Crippen LogP contribution in [0.5, 0.6) is 0 Å². The smallest absolute Gasteiger partial charge is 1.00 e. The number of carboxylic acid groups (broad SMARTS) is 2. The third-order valence-corrected chi connectivity index (χ3v) is 1.44. The summed E-state index contributed by atoms with van der Waals surface area (Å²) in [6.45, 7) is 1.89. The third-order valence-electron chi connectivity index (χ3n) is 1.44. The Bertz CT molecular complexity index is 157. The van der Waals surface area contributed by atoms with Crippen molar-refractivity contribution in [1.29, 1.82) is 0 Å². The maximum atomic E-state index is 10.3. The predicted molar refractivity (Wildman–Crippen MR) is 40.5 cm³/mol. The molecule has 4 nitrogen and oxygen atoms in total. The van der Waals surface area contributed by atoms with Crippen LogP contribution in [-0.2, 0) is 9.59 Å². The van der Waals surface area contributed by atoms with E-state index >= 15 is 0 Å². The van der Waals surface area contributed by atoms with Crippen molar-refractivity contribution in [3.8, 4) is 0 Å². The van der Waals surface area contributed by atoms with Gasteiger partial charge in [0.2, 0.25) is 0 Å². The van der Waals surface area contributed by atoms with E-state index in [-0.39, 0.29) is 90.2 Å². The molecule has 0 radical (unpaired) electrons. The first kappa shape index (κ1) is 20.0. The fraction of sp³-hybridized carbons (Fsp3) is 0.714. The van der Waals surface area contributed by atoms with Crippen LogP contribution in [-0.4, -0.2) is 22.2 Å². The molecule has 0 bridgehead atoms. The van der Waals surface area contributed by atoms with Gasteiger partial charge in [-0.2, -0.15) is 0 Å². The zero-order chi connectivity index (χ0) is 8.85. The SMILES string of the molecule is CCCCC(C(=O)O)C(=O)O.[H-].[H-].[K+].[Na+]. The molecule has 0 saturated carbocycles. The van der Waals surface area contributed by atoms with Crippen LogP contribution in [0.25, 0.3) is 0 Å². The Hall–Kier alpha value is 1.58. The van der Waals surface area contributed by atoms with Crippen molar-refractivity contribution >= 4 is 11.9 Å². The van der Waals surface area contributed by atoms with Crippen LogP contribution < -0.4 is 80.9 Å². The second-order valence-electron chi connectivity index (χ2n) is 2.37. The molecule has 0 heterocycles. The second kappa shape index (κ2) is 11.7. The number of hydrogen-bond donors (Lipinski definition) is 2. The minimum absolute atomic E-state index is 0. The number of rotatable bonds is 5. The fourth-order valence-corrected chi connectivity index (χ4v) is 0.761. The van der Waals surface area contributed by atoms with Crippen molar-refractivity contribution in [1.82, 2.24) is 0 Å². The molecule has 0 aromatic heterocycles. The van der Waals surface area contributed by atoms with Gasteiger partial charge in [0.05, 0.1) is 0 Å². The predicted octanol–water partition coefficient (Wildman–Crippen LogP) is -4.80. The molecule has 0 amide bonds. The zero-order valence-electron chi connectivity index (χ0n) is 10.4. The van der Waals surface area contributed by atoms with Crippen LogP contribution >= 0.6 is 0 Å². The standard InChI is InChI=1S/C7H12O4.K.Na.2H/c1-2-3-4-5(6(8)9)7(10)11;;;;/h5H,2-4H2,1H3,(H,8,9)(H,10,11);;;;/q;2*+1;2*-1. The van der Waals surface area contributed by atoms with Crippen LogP contribution in [0.15, 0.2) is 0 Å². The van der Waals surface area contributed by atoms with Crippen molar-refractivity contribution in [3.05, 3.63) is 0 Å². The number of hydrogen-bond acceptors (Lipinski definition) is 2. The van der Waals surface area contributed by atoms with Gasteiger partial charge < -0.3 is 13.1 Å². The van der Waals surface area contributed by atoms with Gasteiger partial charge >= 0.3 is 92.9 Å². The summed E-state index contributed by atoms with van der Waals surface area (Å²) in [7, 11) is 0. The molecule has 0 aromatic rings. The van der Waals surface area contributed by atoms with E-state index in [1.54, 1.807) is 0 Å². The third kappa shape index (κ3) is 9.87. The molecule has 0 aliphatic heterocycles. The molecule has 0 atom stereocenters. The molecule has 0 unspecified atom stereocenters. The van der Waals surface area contributed by atoms with E-state index in [9.17, 15) is 9.59 Å². The van der Waals surface area contributed by atoms with E-state index in [0.717, 1.165) is 6.42 Å². The second-order valence-corrected chi connectivity index (χ2v) is 2.37. The topological polar surface area (TPSA) is 74.6 Å². The molecule has 13 heavy (non-hydrogen) atoms. The summed E-state index contributed by atoms with van der Waals surface area (Å²) in [5.74, 6) is -3.72. The normalized spacial score (nSPS) is 8.46. The van der Waals surface area contributed by atoms with Gasteiger partial charge in [-0.3, -0.25) is 9.59 Å². The molecule has 6 heteroatoms. The fourth-order valence-electron chi connectivity index (χ4n) is 0.761. The number of carbonyl (C=O) groups is 2. The van der Waals surface area contributed by atoms with E-state index in [4.69, 9.17) is 10.2 Å². The quantitative estimate of drug-likeness (QED) is 0.363. The van der Waals surface area contributed by atoms with Gasteiger partial charge in [-0.25, -0.2) is 0 Å². The molecular weight excluding hydrogens is 210 g/mol. The van der Waals surface area contributed by atoms with E-state index in [0.29, 0.717) is 6.42 Å². The summed E-state index contributed by atoms with van der Waals surface area (Å²) < 4.78 is 0. The first-order chi connectivity index (χ1) is 5.09. The summed E-state index contributed by atoms with van der Waals surface area (Å²) in [4.78, 5) is 20.5. The number of aliphatic carboxylic acids is 2. The van der Waals surface area contributed by atoms with Crippen LogP contribution in [0.1, 0.15) is 29.0 Å². The van der Waals surface area contributed by atoms with E-state index < -0.39 is 17.9 Å². The Morgan fingerprint density at radius 2 is 1.69 bits per heavy atom. The van der Waals surface area contributed by atoms with Crippen molar-refractivity contribution in [2.75, 3.05) is 0 Å². The molecular formula is C7H14KNaO4. The average molecular weight is 224 g/mol. The van der Waals surface area contributed by atoms with E-state index in [1.807, 2.05) is 6.92 Å². The summed E-state index contributed by atoms with van der Waals surface area (Å²) >= 11 is 0. The molecule has 0 spiro atoms. The Labute approximate surface area is 145 Å². The van der Waals surface area contributed by atoms with Crippen LogP contribution in [0.3, 0.4) is 0 Å². The van der Waals surface area contributed by atoms with Gasteiger partial charge in [-0.05, 0) is 6.42 Å². The summed E-state index contributed by atoms with van der Waals surface area (Å²) in [6.07, 6.45) is 1.68. The van der Waals surface area contributed by atoms with Gasteiger partial charge in [-0.15, -0.1) is 0 Å². The monoisotopic (exact) mass is 224 g/mol. The molecule has 0 aromatic carbocycles. The van der Waals surface area contributed by atoms with Crippen molar-refractivity contribution in [2.24, 2.45) is 5.92 Å². The summed E-state index contributed by atoms with van der Waals surface area (Å²) in [5, 5.41) is 16.8. The van der Waals surface area contributed by atoms with E-state index in [1.165, 1.54) is 0 Å². The minimum atomic E-state index is -1.24. The van der Waals surface area contributed by atoms with Gasteiger partial charge in [0.1, 0.15) is 0 Å². The molecule has 68 valence electrons. The zero-order valence-corrected chi connectivity index (χ0v) is 13.5. The summed E-state index contributed by atoms with van der Waals surface area (Å²) in [6, 6.07) is 0. The first-order valence-corrected chi connectivity index (χ1v) is 3.55. The molecule has 0 aliphatic rings. The van der Waals surface area contributed by atoms with Gasteiger partial charge in [0.25, 0.3) is 0 Å². The summed E-state index contributed by atoms with van der Waals surface area (Å²) in [5.41, 5.74) is 0. The first-order valence-electron chi connectivity index (χ1n) is 3.55. The van der Waals surface area contributed by atoms with Crippen molar-refractivity contribution in [3.63, 3.8) is 0 Å². The molecule has 2 N–H and O–H groups in total. The maximum Gasteiger partial charge on any atom is 1.00 e. The molecule has 0 aliphatic carbocycles. The average Bonchev–Trinajstić information content (AvgIpc) is 1.87. The largest absolute Gasteiger partial charge is 1.00 e. The molecule has 0 saturated heterocycles. The van der Waals surface area contributed by atoms with Crippen molar-refractivity contribution in [2.45, 2.75) is 26.2 Å². The van der Waals surface area contributed by atoms with Crippen molar-refractivity contribution < 1.29 is 104 Å². The molecule has 0 fully saturated rings. The Balaban J connectivity index is -0.0000000833.